The summed E-state index contributed by atoms with van der Waals surface area (Å²) < 4.78 is 10.6. The third-order valence-electron chi connectivity index (χ3n) is 3.63. The Bertz CT molecular complexity index is 653. The first-order valence-corrected chi connectivity index (χ1v) is 9.85. The van der Waals surface area contributed by atoms with Gasteiger partial charge in [0.05, 0.1) is 6.61 Å². The molecule has 0 atom stereocenters. The highest BCUT2D eigenvalue weighted by atomic mass is 16.6. The maximum atomic E-state index is 11.8. The standard InChI is InChI=1S/C21H33N3O5/c1-16-7-9-17(10-8-16)28-15-5-6-18(25)22-13-14-23-19(26)11-12-24-20(27)29-21(2,3)4/h7-10H,5-6,11-15H2,1-4H3,(H,22,25)(H,23,26)(H,24,27). The number of alkyl carbamates (subject to hydrolysis) is 1. The summed E-state index contributed by atoms with van der Waals surface area (Å²) in [5.41, 5.74) is 0.597. The van der Waals surface area contributed by atoms with E-state index in [1.807, 2.05) is 31.2 Å². The molecule has 0 unspecified atom stereocenters. The zero-order valence-corrected chi connectivity index (χ0v) is 17.8. The zero-order valence-electron chi connectivity index (χ0n) is 17.8. The van der Waals surface area contributed by atoms with E-state index >= 15 is 0 Å². The van der Waals surface area contributed by atoms with Gasteiger partial charge in [-0.2, -0.15) is 0 Å². The van der Waals surface area contributed by atoms with Gasteiger partial charge in [-0.3, -0.25) is 9.59 Å². The Kier molecular flexibility index (Phi) is 10.6. The van der Waals surface area contributed by atoms with Crippen molar-refractivity contribution in [3.05, 3.63) is 29.8 Å². The normalized spacial score (nSPS) is 10.8. The van der Waals surface area contributed by atoms with E-state index in [1.165, 1.54) is 5.56 Å². The summed E-state index contributed by atoms with van der Waals surface area (Å²) in [6.07, 6.45) is 0.565. The molecule has 3 amide bonds. The fraction of sp³-hybridized carbons (Fsp3) is 0.571. The minimum Gasteiger partial charge on any atom is -0.494 e. The highest BCUT2D eigenvalue weighted by molar-refractivity contribution is 5.77. The summed E-state index contributed by atoms with van der Waals surface area (Å²) in [5, 5.41) is 7.95. The van der Waals surface area contributed by atoms with Crippen molar-refractivity contribution >= 4 is 17.9 Å². The molecule has 8 nitrogen and oxygen atoms in total. The SMILES string of the molecule is Cc1ccc(OCCCC(=O)NCCNC(=O)CCNC(=O)OC(C)(C)C)cc1. The van der Waals surface area contributed by atoms with Crippen LogP contribution in [0, 0.1) is 6.92 Å². The summed E-state index contributed by atoms with van der Waals surface area (Å²) >= 11 is 0. The molecule has 0 heterocycles. The fourth-order valence-electron chi connectivity index (χ4n) is 2.23. The van der Waals surface area contributed by atoms with Gasteiger partial charge in [0.25, 0.3) is 0 Å². The molecule has 0 aromatic heterocycles. The van der Waals surface area contributed by atoms with Crippen LogP contribution in [0.25, 0.3) is 0 Å². The topological polar surface area (TPSA) is 106 Å². The van der Waals surface area contributed by atoms with Crippen LogP contribution in [0.4, 0.5) is 4.79 Å². The minimum absolute atomic E-state index is 0.0849. The highest BCUT2D eigenvalue weighted by Gasteiger charge is 2.15. The molecule has 0 bridgehead atoms. The number of ether oxygens (including phenoxy) is 2. The highest BCUT2D eigenvalue weighted by Crippen LogP contribution is 2.11. The molecule has 29 heavy (non-hydrogen) atoms. The predicted octanol–water partition coefficient (Wildman–Crippen LogP) is 2.30. The van der Waals surface area contributed by atoms with E-state index in [0.29, 0.717) is 32.5 Å². The van der Waals surface area contributed by atoms with Gasteiger partial charge in [-0.05, 0) is 46.2 Å². The molecule has 162 valence electrons. The second kappa shape index (κ2) is 12.6. The summed E-state index contributed by atoms with van der Waals surface area (Å²) in [5.74, 6) is 0.500. The Hall–Kier alpha value is -2.77. The first-order chi connectivity index (χ1) is 13.7. The Morgan fingerprint density at radius 2 is 1.45 bits per heavy atom. The van der Waals surface area contributed by atoms with Gasteiger partial charge in [-0.1, -0.05) is 17.7 Å². The number of nitrogens with one attached hydrogen (secondary N) is 3. The fourth-order valence-corrected chi connectivity index (χ4v) is 2.23. The van der Waals surface area contributed by atoms with Gasteiger partial charge in [-0.25, -0.2) is 4.79 Å². The molecule has 8 heteroatoms. The molecule has 0 saturated carbocycles. The number of amides is 3. The van der Waals surface area contributed by atoms with E-state index in [4.69, 9.17) is 9.47 Å². The average molecular weight is 408 g/mol. The van der Waals surface area contributed by atoms with Crippen molar-refractivity contribution in [2.75, 3.05) is 26.2 Å². The largest absolute Gasteiger partial charge is 0.494 e. The Balaban J connectivity index is 2.00. The van der Waals surface area contributed by atoms with Crippen molar-refractivity contribution in [2.24, 2.45) is 0 Å². The second-order valence-corrected chi connectivity index (χ2v) is 7.64. The van der Waals surface area contributed by atoms with Crippen LogP contribution in [0.5, 0.6) is 5.75 Å². The number of hydrogen-bond donors (Lipinski definition) is 3. The minimum atomic E-state index is -0.572. The van der Waals surface area contributed by atoms with Gasteiger partial charge in [-0.15, -0.1) is 0 Å². The lowest BCUT2D eigenvalue weighted by atomic mass is 10.2. The molecule has 0 saturated heterocycles. The van der Waals surface area contributed by atoms with Crippen LogP contribution in [0.1, 0.15) is 45.6 Å². The van der Waals surface area contributed by atoms with E-state index in [0.717, 1.165) is 5.75 Å². The van der Waals surface area contributed by atoms with Crippen LogP contribution < -0.4 is 20.7 Å². The monoisotopic (exact) mass is 407 g/mol. The Morgan fingerprint density at radius 3 is 2.03 bits per heavy atom. The first kappa shape index (κ1) is 24.3. The van der Waals surface area contributed by atoms with Gasteiger partial charge < -0.3 is 25.4 Å². The lowest BCUT2D eigenvalue weighted by molar-refractivity contribution is -0.123. The summed E-state index contributed by atoms with van der Waals surface area (Å²) in [6, 6.07) is 7.76. The molecular weight excluding hydrogens is 374 g/mol. The van der Waals surface area contributed by atoms with Crippen LogP contribution in [-0.2, 0) is 14.3 Å². The molecule has 1 aromatic carbocycles. The number of benzene rings is 1. The molecule has 0 fully saturated rings. The number of aryl methyl sites for hydroxylation is 1. The van der Waals surface area contributed by atoms with Gasteiger partial charge in [0, 0.05) is 32.5 Å². The number of hydrogen-bond acceptors (Lipinski definition) is 5. The van der Waals surface area contributed by atoms with Crippen molar-refractivity contribution in [2.45, 2.75) is 52.6 Å². The molecule has 0 radical (unpaired) electrons. The molecular formula is C21H33N3O5. The van der Waals surface area contributed by atoms with Crippen LogP contribution in [0.3, 0.4) is 0 Å². The van der Waals surface area contributed by atoms with Gasteiger partial charge in [0.15, 0.2) is 0 Å². The number of rotatable bonds is 11. The molecule has 1 rings (SSSR count). The average Bonchev–Trinajstić information content (AvgIpc) is 2.62. The van der Waals surface area contributed by atoms with E-state index in [9.17, 15) is 14.4 Å². The van der Waals surface area contributed by atoms with E-state index in [-0.39, 0.29) is 24.8 Å². The predicted molar refractivity (Wildman–Crippen MR) is 111 cm³/mol. The Labute approximate surface area is 172 Å². The quantitative estimate of drug-likeness (QED) is 0.488. The second-order valence-electron chi connectivity index (χ2n) is 7.64. The lowest BCUT2D eigenvalue weighted by Gasteiger charge is -2.19. The van der Waals surface area contributed by atoms with Gasteiger partial charge >= 0.3 is 6.09 Å². The molecule has 1 aromatic rings. The van der Waals surface area contributed by atoms with E-state index in [1.54, 1.807) is 20.8 Å². The van der Waals surface area contributed by atoms with Gasteiger partial charge in [0.1, 0.15) is 11.4 Å². The molecule has 0 aliphatic rings. The van der Waals surface area contributed by atoms with E-state index in [2.05, 4.69) is 16.0 Å². The number of carbonyl (C=O) groups is 3. The first-order valence-electron chi connectivity index (χ1n) is 9.85. The third-order valence-corrected chi connectivity index (χ3v) is 3.63. The molecule has 0 aliphatic carbocycles. The van der Waals surface area contributed by atoms with Gasteiger partial charge in [0.2, 0.25) is 11.8 Å². The van der Waals surface area contributed by atoms with E-state index < -0.39 is 11.7 Å². The summed E-state index contributed by atoms with van der Waals surface area (Å²) in [6.45, 7) is 8.66. The summed E-state index contributed by atoms with van der Waals surface area (Å²) in [7, 11) is 0. The van der Waals surface area contributed by atoms with Crippen LogP contribution in [0.2, 0.25) is 0 Å². The van der Waals surface area contributed by atoms with Crippen molar-refractivity contribution in [1.29, 1.82) is 0 Å². The maximum absolute atomic E-state index is 11.8. The van der Waals surface area contributed by atoms with Crippen LogP contribution in [0.15, 0.2) is 24.3 Å². The summed E-state index contributed by atoms with van der Waals surface area (Å²) in [4.78, 5) is 34.9. The zero-order chi connectivity index (χ0) is 21.7. The molecule has 0 aliphatic heterocycles. The smallest absolute Gasteiger partial charge is 0.407 e. The van der Waals surface area contributed by atoms with Crippen molar-refractivity contribution < 1.29 is 23.9 Å². The molecule has 3 N–H and O–H groups in total. The number of carbonyl (C=O) groups excluding carboxylic acids is 3. The van der Waals surface area contributed by atoms with Crippen molar-refractivity contribution in [3.63, 3.8) is 0 Å². The van der Waals surface area contributed by atoms with Crippen LogP contribution >= 0.6 is 0 Å². The van der Waals surface area contributed by atoms with Crippen molar-refractivity contribution in [3.8, 4) is 5.75 Å². The maximum Gasteiger partial charge on any atom is 0.407 e. The third kappa shape index (κ3) is 13.1. The lowest BCUT2D eigenvalue weighted by Crippen LogP contribution is -2.37. The molecule has 0 spiro atoms. The van der Waals surface area contributed by atoms with Crippen LogP contribution in [-0.4, -0.2) is 49.7 Å². The Morgan fingerprint density at radius 1 is 0.862 bits per heavy atom. The van der Waals surface area contributed by atoms with Crippen molar-refractivity contribution in [1.82, 2.24) is 16.0 Å².